The molecule has 6 nitrogen and oxygen atoms in total. The van der Waals surface area contributed by atoms with Crippen LogP contribution in [0.25, 0.3) is 22.2 Å². The molecule has 0 bridgehead atoms. The number of aromatic nitrogens is 2. The molecule has 7 heteroatoms. The maximum atomic E-state index is 13.6. The van der Waals surface area contributed by atoms with E-state index in [2.05, 4.69) is 26.2 Å². The van der Waals surface area contributed by atoms with E-state index in [-0.39, 0.29) is 18.9 Å². The van der Waals surface area contributed by atoms with E-state index >= 15 is 0 Å². The van der Waals surface area contributed by atoms with E-state index in [1.807, 2.05) is 61.5 Å². The van der Waals surface area contributed by atoms with Gasteiger partial charge >= 0.3 is 5.97 Å². The van der Waals surface area contributed by atoms with Gasteiger partial charge in [-0.15, -0.1) is 0 Å². The molecule has 0 saturated carbocycles. The van der Waals surface area contributed by atoms with Crippen LogP contribution in [0.15, 0.2) is 77.4 Å². The second kappa shape index (κ2) is 9.73. The third-order valence-corrected chi connectivity index (χ3v) is 6.42. The van der Waals surface area contributed by atoms with E-state index in [0.29, 0.717) is 16.8 Å². The summed E-state index contributed by atoms with van der Waals surface area (Å²) in [5, 5.41) is 13.2. The number of rotatable bonds is 7. The monoisotopic (exact) mass is 517 g/mol. The number of amides is 1. The Hall–Kier alpha value is -3.58. The summed E-state index contributed by atoms with van der Waals surface area (Å²) in [6.07, 6.45) is 1.46. The van der Waals surface area contributed by atoms with Crippen molar-refractivity contribution >= 4 is 38.7 Å². The Morgan fingerprint density at radius 1 is 1.06 bits per heavy atom. The lowest BCUT2D eigenvalue weighted by molar-refractivity contribution is -0.138. The number of carbonyl (C=O) groups excluding carboxylic acids is 1. The molecule has 1 amide bonds. The summed E-state index contributed by atoms with van der Waals surface area (Å²) in [4.78, 5) is 34.4. The van der Waals surface area contributed by atoms with Gasteiger partial charge in [0.2, 0.25) is 0 Å². The van der Waals surface area contributed by atoms with Crippen LogP contribution >= 0.6 is 15.9 Å². The molecular weight excluding hydrogens is 494 g/mol. The molecule has 0 aliphatic rings. The molecule has 0 radical (unpaired) electrons. The van der Waals surface area contributed by atoms with Crippen LogP contribution in [0.2, 0.25) is 0 Å². The lowest BCUT2D eigenvalue weighted by Crippen LogP contribution is -2.41. The van der Waals surface area contributed by atoms with Gasteiger partial charge in [0.1, 0.15) is 0 Å². The topological polar surface area (TPSA) is 92.2 Å². The Morgan fingerprint density at radius 3 is 2.47 bits per heavy atom. The number of hydrogen-bond acceptors (Lipinski definition) is 4. The Bertz CT molecular complexity index is 1360. The molecule has 1 atom stereocenters. The highest BCUT2D eigenvalue weighted by molar-refractivity contribution is 9.10. The Labute approximate surface area is 206 Å². The largest absolute Gasteiger partial charge is 0.481 e. The van der Waals surface area contributed by atoms with Gasteiger partial charge in [0, 0.05) is 39.3 Å². The van der Waals surface area contributed by atoms with Gasteiger partial charge in [-0.3, -0.25) is 14.6 Å². The maximum Gasteiger partial charge on any atom is 0.304 e. The van der Waals surface area contributed by atoms with Crippen LogP contribution in [0.5, 0.6) is 0 Å². The molecule has 0 aliphatic heterocycles. The summed E-state index contributed by atoms with van der Waals surface area (Å²) in [5.41, 5.74) is 3.37. The van der Waals surface area contributed by atoms with E-state index in [9.17, 15) is 14.7 Å². The van der Waals surface area contributed by atoms with E-state index in [4.69, 9.17) is 4.98 Å². The summed E-state index contributed by atoms with van der Waals surface area (Å²) < 4.78 is 0.840. The van der Waals surface area contributed by atoms with E-state index in [1.54, 1.807) is 25.3 Å². The highest BCUT2D eigenvalue weighted by Gasteiger charge is 2.32. The van der Waals surface area contributed by atoms with Gasteiger partial charge in [0.25, 0.3) is 5.91 Å². The predicted molar refractivity (Wildman–Crippen MR) is 136 cm³/mol. The first-order chi connectivity index (χ1) is 16.3. The van der Waals surface area contributed by atoms with Crippen LogP contribution in [0, 0.1) is 6.92 Å². The lowest BCUT2D eigenvalue weighted by Gasteiger charge is -2.28. The normalized spacial score (nSPS) is 12.8. The van der Waals surface area contributed by atoms with Crippen molar-refractivity contribution in [3.63, 3.8) is 0 Å². The fraction of sp³-hybridized carbons (Fsp3) is 0.185. The highest BCUT2D eigenvalue weighted by atomic mass is 79.9. The van der Waals surface area contributed by atoms with E-state index in [1.165, 1.54) is 0 Å². The number of carboxylic acid groups (broad SMARTS) is 1. The molecule has 4 aromatic rings. The maximum absolute atomic E-state index is 13.6. The average molecular weight is 518 g/mol. The minimum Gasteiger partial charge on any atom is -0.481 e. The molecular formula is C27H24BrN3O3. The first-order valence-electron chi connectivity index (χ1n) is 10.9. The average Bonchev–Trinajstić information content (AvgIpc) is 2.83. The molecule has 0 spiro atoms. The van der Waals surface area contributed by atoms with Crippen LogP contribution in [-0.4, -0.2) is 33.5 Å². The minimum absolute atomic E-state index is 0.118. The molecule has 0 aliphatic carbocycles. The molecule has 2 aromatic heterocycles. The lowest BCUT2D eigenvalue weighted by atomic mass is 9.82. The molecule has 4 rings (SSSR count). The molecule has 2 aromatic carbocycles. The number of carboxylic acids is 1. The van der Waals surface area contributed by atoms with Crippen LogP contribution in [-0.2, 0) is 10.2 Å². The van der Waals surface area contributed by atoms with E-state index in [0.717, 1.165) is 26.7 Å². The highest BCUT2D eigenvalue weighted by Crippen LogP contribution is 2.32. The van der Waals surface area contributed by atoms with Crippen LogP contribution in [0.3, 0.4) is 0 Å². The van der Waals surface area contributed by atoms with E-state index < -0.39 is 11.4 Å². The molecule has 34 heavy (non-hydrogen) atoms. The van der Waals surface area contributed by atoms with Crippen molar-refractivity contribution < 1.29 is 14.7 Å². The summed E-state index contributed by atoms with van der Waals surface area (Å²) in [5.74, 6) is -1.24. The Kier molecular flexibility index (Phi) is 6.75. The van der Waals surface area contributed by atoms with Crippen LogP contribution < -0.4 is 5.32 Å². The van der Waals surface area contributed by atoms with Gasteiger partial charge in [-0.1, -0.05) is 59.3 Å². The number of pyridine rings is 2. The van der Waals surface area contributed by atoms with Crippen molar-refractivity contribution in [3.8, 4) is 11.3 Å². The number of benzene rings is 2. The summed E-state index contributed by atoms with van der Waals surface area (Å²) in [6, 6.07) is 20.8. The predicted octanol–water partition coefficient (Wildman–Crippen LogP) is 5.53. The Balaban J connectivity index is 1.76. The number of nitrogens with one attached hydrogen (secondary N) is 1. The standard InChI is InChI=1S/C27H24BrN3O3/c1-17-24(26(34)30-16-27(2,15-23(32)33)22-10-6-7-13-29-22)20-14-19(28)11-12-21(20)31-25(17)18-8-4-3-5-9-18/h3-14H,15-16H2,1-2H3,(H,30,34)(H,32,33)/t27-/m0/s1. The summed E-state index contributed by atoms with van der Waals surface area (Å²) >= 11 is 3.50. The second-order valence-corrected chi connectivity index (χ2v) is 9.43. The van der Waals surface area contributed by atoms with Gasteiger partial charge in [-0.25, -0.2) is 4.98 Å². The molecule has 2 N–H and O–H groups in total. The van der Waals surface area contributed by atoms with Crippen molar-refractivity contribution in [2.24, 2.45) is 0 Å². The van der Waals surface area contributed by atoms with Crippen LogP contribution in [0.1, 0.15) is 35.0 Å². The number of aliphatic carboxylic acids is 1. The number of hydrogen-bond donors (Lipinski definition) is 2. The van der Waals surface area contributed by atoms with Gasteiger partial charge in [-0.05, 0) is 42.8 Å². The van der Waals surface area contributed by atoms with Crippen molar-refractivity contribution in [1.82, 2.24) is 15.3 Å². The fourth-order valence-electron chi connectivity index (χ4n) is 4.16. The first kappa shape index (κ1) is 23.6. The minimum atomic E-state index is -0.955. The number of halogens is 1. The molecule has 2 heterocycles. The smallest absolute Gasteiger partial charge is 0.304 e. The molecule has 0 fully saturated rings. The zero-order valence-electron chi connectivity index (χ0n) is 18.9. The first-order valence-corrected chi connectivity index (χ1v) is 11.6. The third-order valence-electron chi connectivity index (χ3n) is 5.93. The van der Waals surface area contributed by atoms with Crippen LogP contribution in [0.4, 0.5) is 0 Å². The van der Waals surface area contributed by atoms with Crippen molar-refractivity contribution in [2.75, 3.05) is 6.54 Å². The SMILES string of the molecule is Cc1c(-c2ccccc2)nc2ccc(Br)cc2c1C(=O)NC[C@](C)(CC(=O)O)c1ccccn1. The number of fused-ring (bicyclic) bond motifs is 1. The number of nitrogens with zero attached hydrogens (tertiary/aromatic N) is 2. The third kappa shape index (κ3) is 4.84. The van der Waals surface area contributed by atoms with Gasteiger partial charge in [0.05, 0.1) is 23.2 Å². The molecule has 172 valence electrons. The molecule has 0 saturated heterocycles. The van der Waals surface area contributed by atoms with Gasteiger partial charge < -0.3 is 10.4 Å². The van der Waals surface area contributed by atoms with Gasteiger partial charge in [0.15, 0.2) is 0 Å². The molecule has 0 unspecified atom stereocenters. The van der Waals surface area contributed by atoms with Gasteiger partial charge in [-0.2, -0.15) is 0 Å². The zero-order valence-corrected chi connectivity index (χ0v) is 20.5. The fourth-order valence-corrected chi connectivity index (χ4v) is 4.52. The second-order valence-electron chi connectivity index (χ2n) is 8.52. The van der Waals surface area contributed by atoms with Crippen molar-refractivity contribution in [3.05, 3.63) is 94.2 Å². The van der Waals surface area contributed by atoms with Crippen molar-refractivity contribution in [2.45, 2.75) is 25.7 Å². The summed E-state index contributed by atoms with van der Waals surface area (Å²) in [6.45, 7) is 3.81. The summed E-state index contributed by atoms with van der Waals surface area (Å²) in [7, 11) is 0. The number of carbonyl (C=O) groups is 2. The zero-order chi connectivity index (χ0) is 24.3. The van der Waals surface area contributed by atoms with Crippen molar-refractivity contribution in [1.29, 1.82) is 0 Å². The Morgan fingerprint density at radius 2 is 1.79 bits per heavy atom. The quantitative estimate of drug-likeness (QED) is 0.336.